The molecule has 1 aliphatic rings. The van der Waals surface area contributed by atoms with Gasteiger partial charge < -0.3 is 19.6 Å². The summed E-state index contributed by atoms with van der Waals surface area (Å²) in [5.74, 6) is 0.315. The Morgan fingerprint density at radius 3 is 2.39 bits per heavy atom. The molecule has 1 N–H and O–H groups in total. The Kier molecular flexibility index (Phi) is 7.50. The third-order valence-corrected chi connectivity index (χ3v) is 5.34. The van der Waals surface area contributed by atoms with E-state index in [1.807, 2.05) is 38.1 Å². The van der Waals surface area contributed by atoms with Gasteiger partial charge in [0.2, 0.25) is 5.91 Å². The molecule has 2 amide bonds. The summed E-state index contributed by atoms with van der Waals surface area (Å²) in [7, 11) is 0. The molecule has 1 aliphatic heterocycles. The number of nitrogens with zero attached hydrogens (tertiary/aromatic N) is 2. The number of likely N-dealkylation sites (tertiary alicyclic amines) is 1. The Morgan fingerprint density at radius 1 is 1.13 bits per heavy atom. The van der Waals surface area contributed by atoms with Gasteiger partial charge in [-0.05, 0) is 62.1 Å². The van der Waals surface area contributed by atoms with E-state index in [0.717, 1.165) is 29.7 Å². The number of carbonyl (C=O) groups excluding carboxylic acids is 1. The van der Waals surface area contributed by atoms with Gasteiger partial charge in [0.1, 0.15) is 11.6 Å². The molecule has 0 aliphatic carbocycles. The van der Waals surface area contributed by atoms with Crippen molar-refractivity contribution in [2.45, 2.75) is 51.8 Å². The molecular weight excluding hydrogens is 399 g/mol. The number of rotatable bonds is 8. The normalized spacial score (nSPS) is 15.9. The van der Waals surface area contributed by atoms with Gasteiger partial charge in [-0.15, -0.1) is 0 Å². The molecule has 0 aromatic heterocycles. The Morgan fingerprint density at radius 2 is 1.77 bits per heavy atom. The second-order valence-corrected chi connectivity index (χ2v) is 8.16. The molecule has 0 unspecified atom stereocenters. The van der Waals surface area contributed by atoms with E-state index in [-0.39, 0.29) is 30.3 Å². The molecule has 1 fully saturated rings. The third-order valence-electron chi connectivity index (χ3n) is 5.34. The van der Waals surface area contributed by atoms with Crippen molar-refractivity contribution in [2.24, 2.45) is 0 Å². The Balaban J connectivity index is 1.73. The molecule has 3 rings (SSSR count). The molecule has 0 radical (unpaired) electrons. The molecule has 1 heterocycles. The minimum atomic E-state index is -0.961. The zero-order chi connectivity index (χ0) is 22.4. The topological polar surface area (TPSA) is 70.1 Å². The maximum Gasteiger partial charge on any atom is 0.407 e. The van der Waals surface area contributed by atoms with Crippen molar-refractivity contribution < 1.29 is 23.8 Å². The van der Waals surface area contributed by atoms with Crippen molar-refractivity contribution in [1.29, 1.82) is 0 Å². The number of halogens is 1. The summed E-state index contributed by atoms with van der Waals surface area (Å²) in [4.78, 5) is 27.8. The first-order valence-corrected chi connectivity index (χ1v) is 10.6. The zero-order valence-electron chi connectivity index (χ0n) is 18.0. The van der Waals surface area contributed by atoms with E-state index in [1.54, 1.807) is 17.0 Å². The van der Waals surface area contributed by atoms with Crippen LogP contribution in [0.4, 0.5) is 9.18 Å². The first-order valence-electron chi connectivity index (χ1n) is 10.6. The summed E-state index contributed by atoms with van der Waals surface area (Å²) in [6.07, 6.45) is 0.816. The van der Waals surface area contributed by atoms with Crippen LogP contribution in [0.15, 0.2) is 48.5 Å². The fourth-order valence-electron chi connectivity index (χ4n) is 3.84. The Bertz CT molecular complexity index is 883. The van der Waals surface area contributed by atoms with Crippen LogP contribution in [0.5, 0.6) is 5.75 Å². The molecule has 0 bridgehead atoms. The lowest BCUT2D eigenvalue weighted by atomic mass is 10.1. The number of carbonyl (C=O) groups is 2. The lowest BCUT2D eigenvalue weighted by molar-refractivity contribution is -0.131. The van der Waals surface area contributed by atoms with Gasteiger partial charge in [-0.3, -0.25) is 4.79 Å². The summed E-state index contributed by atoms with van der Waals surface area (Å²) in [5.41, 5.74) is 1.65. The lowest BCUT2D eigenvalue weighted by Crippen LogP contribution is -2.45. The van der Waals surface area contributed by atoms with Crippen LogP contribution in [0.3, 0.4) is 0 Å². The van der Waals surface area contributed by atoms with Crippen LogP contribution >= 0.6 is 0 Å². The molecule has 1 saturated heterocycles. The van der Waals surface area contributed by atoms with Crippen LogP contribution in [0.1, 0.15) is 37.8 Å². The van der Waals surface area contributed by atoms with Crippen LogP contribution in [0.2, 0.25) is 0 Å². The summed E-state index contributed by atoms with van der Waals surface area (Å²) >= 11 is 0. The van der Waals surface area contributed by atoms with Crippen molar-refractivity contribution >= 4 is 12.0 Å². The van der Waals surface area contributed by atoms with E-state index in [4.69, 9.17) is 4.74 Å². The van der Waals surface area contributed by atoms with Crippen molar-refractivity contribution in [1.82, 2.24) is 9.80 Å². The summed E-state index contributed by atoms with van der Waals surface area (Å²) < 4.78 is 18.9. The van der Waals surface area contributed by atoms with Crippen molar-refractivity contribution in [2.75, 3.05) is 13.1 Å². The first-order chi connectivity index (χ1) is 14.8. The lowest BCUT2D eigenvalue weighted by Gasteiger charge is -2.30. The van der Waals surface area contributed by atoms with Crippen molar-refractivity contribution in [3.63, 3.8) is 0 Å². The van der Waals surface area contributed by atoms with E-state index < -0.39 is 6.09 Å². The predicted octanol–water partition coefficient (Wildman–Crippen LogP) is 4.33. The third kappa shape index (κ3) is 6.44. The van der Waals surface area contributed by atoms with E-state index in [2.05, 4.69) is 0 Å². The first kappa shape index (κ1) is 22.6. The summed E-state index contributed by atoms with van der Waals surface area (Å²) in [5, 5.41) is 9.45. The molecular formula is C24H29FN2O4. The molecule has 0 spiro atoms. The highest BCUT2D eigenvalue weighted by atomic mass is 19.1. The molecule has 2 aromatic rings. The SMILES string of the molecule is CC(C)Oc1ccc(CC(=O)N(Cc2ccc(F)cc2)C[C@H]2CCCN2C(=O)O)cc1. The molecule has 6 nitrogen and oxygen atoms in total. The quantitative estimate of drug-likeness (QED) is 0.680. The number of benzene rings is 2. The van der Waals surface area contributed by atoms with Crippen LogP contribution < -0.4 is 4.74 Å². The fraction of sp³-hybridized carbons (Fsp3) is 0.417. The van der Waals surface area contributed by atoms with Crippen molar-refractivity contribution in [3.05, 3.63) is 65.5 Å². The molecule has 7 heteroatoms. The largest absolute Gasteiger partial charge is 0.491 e. The molecule has 166 valence electrons. The highest BCUT2D eigenvalue weighted by Crippen LogP contribution is 2.21. The van der Waals surface area contributed by atoms with Crippen LogP contribution in [0.25, 0.3) is 0 Å². The molecule has 1 atom stereocenters. The smallest absolute Gasteiger partial charge is 0.407 e. The van der Waals surface area contributed by atoms with Crippen LogP contribution in [-0.2, 0) is 17.8 Å². The number of hydrogen-bond donors (Lipinski definition) is 1. The minimum Gasteiger partial charge on any atom is -0.491 e. The highest BCUT2D eigenvalue weighted by Gasteiger charge is 2.31. The fourth-order valence-corrected chi connectivity index (χ4v) is 3.84. The second kappa shape index (κ2) is 10.3. The maximum absolute atomic E-state index is 13.3. The van der Waals surface area contributed by atoms with E-state index >= 15 is 0 Å². The standard InChI is InChI=1S/C24H29FN2O4/c1-17(2)31-22-11-7-18(8-12-22)14-23(28)26(15-19-5-9-20(25)10-6-19)16-21-4-3-13-27(21)24(29)30/h5-12,17,21H,3-4,13-16H2,1-2H3,(H,29,30)/t21-/m1/s1. The van der Waals surface area contributed by atoms with Gasteiger partial charge in [0.05, 0.1) is 18.6 Å². The zero-order valence-corrected chi connectivity index (χ0v) is 18.0. The predicted molar refractivity (Wildman–Crippen MR) is 115 cm³/mol. The van der Waals surface area contributed by atoms with E-state index in [1.165, 1.54) is 17.0 Å². The molecule has 31 heavy (non-hydrogen) atoms. The average molecular weight is 429 g/mol. The Hall–Kier alpha value is -3.09. The van der Waals surface area contributed by atoms with Crippen molar-refractivity contribution in [3.8, 4) is 5.75 Å². The van der Waals surface area contributed by atoms with Gasteiger partial charge in [0.15, 0.2) is 0 Å². The van der Waals surface area contributed by atoms with Crippen LogP contribution in [0, 0.1) is 5.82 Å². The number of amides is 2. The number of ether oxygens (including phenoxy) is 1. The average Bonchev–Trinajstić information content (AvgIpc) is 3.19. The summed E-state index contributed by atoms with van der Waals surface area (Å²) in [6, 6.07) is 13.2. The second-order valence-electron chi connectivity index (χ2n) is 8.16. The van der Waals surface area contributed by atoms with Gasteiger partial charge in [-0.1, -0.05) is 24.3 Å². The van der Waals surface area contributed by atoms with Gasteiger partial charge in [0, 0.05) is 19.6 Å². The molecule has 2 aromatic carbocycles. The van der Waals surface area contributed by atoms with Gasteiger partial charge >= 0.3 is 6.09 Å². The molecule has 0 saturated carbocycles. The van der Waals surface area contributed by atoms with Gasteiger partial charge in [-0.25, -0.2) is 9.18 Å². The number of hydrogen-bond acceptors (Lipinski definition) is 3. The number of carboxylic acid groups (broad SMARTS) is 1. The minimum absolute atomic E-state index is 0.0716. The monoisotopic (exact) mass is 428 g/mol. The van der Waals surface area contributed by atoms with Gasteiger partial charge in [0.25, 0.3) is 0 Å². The summed E-state index contributed by atoms with van der Waals surface area (Å²) in [6.45, 7) is 5.01. The maximum atomic E-state index is 13.3. The van der Waals surface area contributed by atoms with E-state index in [0.29, 0.717) is 19.6 Å². The van der Waals surface area contributed by atoms with E-state index in [9.17, 15) is 19.1 Å². The van der Waals surface area contributed by atoms with Gasteiger partial charge in [-0.2, -0.15) is 0 Å². The Labute approximate surface area is 182 Å². The van der Waals surface area contributed by atoms with Crippen LogP contribution in [-0.4, -0.2) is 52.1 Å². The highest BCUT2D eigenvalue weighted by molar-refractivity contribution is 5.79.